The lowest BCUT2D eigenvalue weighted by molar-refractivity contribution is -0.140. The lowest BCUT2D eigenvalue weighted by Gasteiger charge is -2.21. The lowest BCUT2D eigenvalue weighted by Crippen LogP contribution is -2.36. The molecule has 0 amide bonds. The number of anilines is 1. The van der Waals surface area contributed by atoms with Crippen molar-refractivity contribution in [1.29, 1.82) is 0 Å². The van der Waals surface area contributed by atoms with Crippen LogP contribution in [-0.4, -0.2) is 61.7 Å². The third-order valence-corrected chi connectivity index (χ3v) is 7.79. The van der Waals surface area contributed by atoms with Crippen LogP contribution >= 0.6 is 0 Å². The van der Waals surface area contributed by atoms with Crippen LogP contribution in [0.1, 0.15) is 54.6 Å². The van der Waals surface area contributed by atoms with E-state index in [2.05, 4.69) is 33.9 Å². The number of nitrogens with one attached hydrogen (secondary N) is 2. The number of carboxylic acids is 1. The number of aromatic nitrogens is 2. The number of ether oxygens (including phenoxy) is 2. The third-order valence-electron chi connectivity index (χ3n) is 6.46. The minimum absolute atomic E-state index is 0.0554. The molecular formula is C30H38N4O7S. The van der Waals surface area contributed by atoms with Crippen molar-refractivity contribution in [2.75, 3.05) is 25.0 Å². The molecule has 42 heavy (non-hydrogen) atoms. The van der Waals surface area contributed by atoms with Gasteiger partial charge < -0.3 is 19.9 Å². The van der Waals surface area contributed by atoms with Crippen molar-refractivity contribution < 1.29 is 32.6 Å². The highest BCUT2D eigenvalue weighted by atomic mass is 32.2. The van der Waals surface area contributed by atoms with Crippen LogP contribution in [0.25, 0.3) is 11.3 Å². The first-order chi connectivity index (χ1) is 19.9. The first-order valence-corrected chi connectivity index (χ1v) is 15.1. The van der Waals surface area contributed by atoms with E-state index in [1.807, 2.05) is 32.0 Å². The van der Waals surface area contributed by atoms with Gasteiger partial charge in [0.1, 0.15) is 6.61 Å². The van der Waals surface area contributed by atoms with E-state index in [1.54, 1.807) is 6.07 Å². The van der Waals surface area contributed by atoms with Crippen molar-refractivity contribution in [3.8, 4) is 17.1 Å². The fourth-order valence-corrected chi connectivity index (χ4v) is 5.46. The quantitative estimate of drug-likeness (QED) is 0.167. The number of methoxy groups -OCH3 is 1. The van der Waals surface area contributed by atoms with E-state index in [1.165, 1.54) is 25.3 Å². The molecule has 0 unspecified atom stereocenters. The Hall–Kier alpha value is -4.03. The average molecular weight is 599 g/mol. The van der Waals surface area contributed by atoms with Crippen LogP contribution in [0.4, 0.5) is 5.95 Å². The second-order valence-corrected chi connectivity index (χ2v) is 12.1. The van der Waals surface area contributed by atoms with Crippen molar-refractivity contribution in [2.24, 2.45) is 5.92 Å². The Balaban J connectivity index is 1.91. The molecule has 3 rings (SSSR count). The summed E-state index contributed by atoms with van der Waals surface area (Å²) in [7, 11) is -2.86. The van der Waals surface area contributed by atoms with Gasteiger partial charge in [-0.05, 0) is 68.5 Å². The molecular weight excluding hydrogens is 560 g/mol. The number of aromatic carboxylic acids is 1. The monoisotopic (exact) mass is 598 g/mol. The number of hydrogen-bond acceptors (Lipinski definition) is 9. The normalized spacial score (nSPS) is 12.1. The number of nitrogens with zero attached hydrogens (tertiary/aromatic N) is 2. The molecule has 0 fully saturated rings. The summed E-state index contributed by atoms with van der Waals surface area (Å²) in [6.45, 7) is 8.89. The van der Waals surface area contributed by atoms with E-state index in [4.69, 9.17) is 9.47 Å². The van der Waals surface area contributed by atoms with Crippen LogP contribution in [-0.2, 0) is 19.6 Å². The molecule has 1 atom stereocenters. The Morgan fingerprint density at radius 2 is 1.71 bits per heavy atom. The summed E-state index contributed by atoms with van der Waals surface area (Å²) in [5, 5.41) is 12.7. The van der Waals surface area contributed by atoms with E-state index >= 15 is 0 Å². The molecule has 12 heteroatoms. The topological polar surface area (TPSA) is 157 Å². The van der Waals surface area contributed by atoms with Gasteiger partial charge in [0.25, 0.3) is 10.0 Å². The maximum absolute atomic E-state index is 13.2. The highest BCUT2D eigenvalue weighted by molar-refractivity contribution is 7.92. The highest BCUT2D eigenvalue weighted by Gasteiger charge is 2.21. The predicted octanol–water partition coefficient (Wildman–Crippen LogP) is 4.60. The number of esters is 1. The maximum Gasteiger partial charge on any atom is 0.335 e. The number of hydrogen-bond donors (Lipinski definition) is 3. The fourth-order valence-electron chi connectivity index (χ4n) is 4.47. The summed E-state index contributed by atoms with van der Waals surface area (Å²) in [6, 6.07) is 12.4. The minimum atomic E-state index is -4.22. The summed E-state index contributed by atoms with van der Waals surface area (Å²) in [5.74, 6) is -1.18. The van der Waals surface area contributed by atoms with Gasteiger partial charge >= 0.3 is 11.9 Å². The second kappa shape index (κ2) is 14.7. The van der Waals surface area contributed by atoms with Gasteiger partial charge in [0.05, 0.1) is 23.3 Å². The van der Waals surface area contributed by atoms with E-state index in [0.29, 0.717) is 31.0 Å². The first-order valence-electron chi connectivity index (χ1n) is 13.6. The largest absolute Gasteiger partial charge is 0.478 e. The van der Waals surface area contributed by atoms with Gasteiger partial charge in [-0.3, -0.25) is 4.79 Å². The molecule has 226 valence electrons. The Kier molecular flexibility index (Phi) is 11.4. The molecule has 1 aromatic heterocycles. The maximum atomic E-state index is 13.2. The summed E-state index contributed by atoms with van der Waals surface area (Å²) in [4.78, 5) is 31.4. The zero-order chi connectivity index (χ0) is 30.9. The minimum Gasteiger partial charge on any atom is -0.478 e. The third kappa shape index (κ3) is 9.25. The second-order valence-electron chi connectivity index (χ2n) is 10.4. The van der Waals surface area contributed by atoms with Crippen LogP contribution in [0.3, 0.4) is 0 Å². The molecule has 0 radical (unpaired) electrons. The smallest absolute Gasteiger partial charge is 0.335 e. The number of carbonyl (C=O) groups is 2. The number of benzene rings is 2. The molecule has 1 heterocycles. The summed E-state index contributed by atoms with van der Waals surface area (Å²) >= 11 is 0. The molecule has 3 aromatic rings. The molecule has 0 aliphatic rings. The number of rotatable bonds is 15. The van der Waals surface area contributed by atoms with Crippen molar-refractivity contribution in [3.63, 3.8) is 0 Å². The summed E-state index contributed by atoms with van der Waals surface area (Å²) in [6.07, 6.45) is 1.72. The molecule has 0 aliphatic carbocycles. The van der Waals surface area contributed by atoms with Gasteiger partial charge in [-0.1, -0.05) is 38.1 Å². The van der Waals surface area contributed by atoms with Crippen molar-refractivity contribution in [1.82, 2.24) is 15.3 Å². The highest BCUT2D eigenvalue weighted by Crippen LogP contribution is 2.29. The first kappa shape index (κ1) is 32.5. The molecule has 0 bridgehead atoms. The van der Waals surface area contributed by atoms with Gasteiger partial charge in [-0.15, -0.1) is 0 Å². The van der Waals surface area contributed by atoms with Crippen LogP contribution in [0.5, 0.6) is 5.88 Å². The number of carbonyl (C=O) groups excluding carboxylic acids is 1. The molecule has 0 spiro atoms. The van der Waals surface area contributed by atoms with Crippen LogP contribution in [0.15, 0.2) is 53.4 Å². The van der Waals surface area contributed by atoms with E-state index in [-0.39, 0.29) is 40.9 Å². The molecule has 2 aromatic carbocycles. The molecule has 0 aliphatic heterocycles. The van der Waals surface area contributed by atoms with Crippen molar-refractivity contribution in [3.05, 3.63) is 65.2 Å². The Morgan fingerprint density at radius 3 is 2.36 bits per heavy atom. The van der Waals surface area contributed by atoms with Gasteiger partial charge in [-0.25, -0.2) is 22.9 Å². The standard InChI is InChI=1S/C30H38N4O7S/c1-19(2)15-23(31-14-8-13-27(35)40-5)18-41-26-17-25(28-20(3)9-6-10-21(28)4)32-30(33-26)34-42(38,39)24-12-7-11-22(16-24)29(36)37/h6-7,9-12,16-17,19,23,31H,8,13-15,18H2,1-5H3,(H,36,37)(H,32,33,34)/t23-/m1/s1. The summed E-state index contributed by atoms with van der Waals surface area (Å²) in [5.41, 5.74) is 3.00. The van der Waals surface area contributed by atoms with E-state index in [0.717, 1.165) is 29.2 Å². The van der Waals surface area contributed by atoms with Gasteiger partial charge in [0.2, 0.25) is 11.8 Å². The SMILES string of the molecule is COC(=O)CCCN[C@@H](COc1cc(-c2c(C)cccc2C)nc(NS(=O)(=O)c2cccc(C(=O)O)c2)n1)CC(C)C. The molecule has 0 saturated heterocycles. The Morgan fingerprint density at radius 1 is 1.02 bits per heavy atom. The fraction of sp³-hybridized carbons (Fsp3) is 0.400. The molecule has 3 N–H and O–H groups in total. The zero-order valence-electron chi connectivity index (χ0n) is 24.5. The lowest BCUT2D eigenvalue weighted by atomic mass is 10.00. The van der Waals surface area contributed by atoms with Gasteiger partial charge in [0.15, 0.2) is 0 Å². The van der Waals surface area contributed by atoms with Crippen LogP contribution in [0, 0.1) is 19.8 Å². The van der Waals surface area contributed by atoms with E-state index < -0.39 is 16.0 Å². The zero-order valence-corrected chi connectivity index (χ0v) is 25.3. The number of sulfonamides is 1. The van der Waals surface area contributed by atoms with Crippen molar-refractivity contribution in [2.45, 2.75) is 57.9 Å². The van der Waals surface area contributed by atoms with Crippen LogP contribution < -0.4 is 14.8 Å². The Bertz CT molecular complexity index is 1490. The number of carboxylic acid groups (broad SMARTS) is 1. The van der Waals surface area contributed by atoms with E-state index in [9.17, 15) is 23.1 Å². The van der Waals surface area contributed by atoms with Gasteiger partial charge in [-0.2, -0.15) is 4.98 Å². The van der Waals surface area contributed by atoms with Gasteiger partial charge in [0, 0.05) is 24.1 Å². The molecule has 11 nitrogen and oxygen atoms in total. The predicted molar refractivity (Wildman–Crippen MR) is 159 cm³/mol. The Labute approximate surface area is 246 Å². The number of aryl methyl sites for hydroxylation is 2. The van der Waals surface area contributed by atoms with Crippen LogP contribution in [0.2, 0.25) is 0 Å². The average Bonchev–Trinajstić information content (AvgIpc) is 2.93. The van der Waals surface area contributed by atoms with Crippen molar-refractivity contribution >= 4 is 27.9 Å². The molecule has 0 saturated carbocycles. The summed E-state index contributed by atoms with van der Waals surface area (Å²) < 4.78 is 39.6.